The summed E-state index contributed by atoms with van der Waals surface area (Å²) in [6, 6.07) is 90.4. The summed E-state index contributed by atoms with van der Waals surface area (Å²) in [6.45, 7) is 49.4. The van der Waals surface area contributed by atoms with E-state index in [1.807, 2.05) is 37.4 Å². The molecule has 0 aliphatic rings. The molecule has 0 radical (unpaired) electrons. The normalized spacial score (nSPS) is 11.8. The van der Waals surface area contributed by atoms with Gasteiger partial charge in [-0.2, -0.15) is 22.7 Å². The van der Waals surface area contributed by atoms with Crippen molar-refractivity contribution in [3.05, 3.63) is 394 Å². The molecule has 716 valence electrons. The first-order chi connectivity index (χ1) is 67.6. The highest BCUT2D eigenvalue weighted by molar-refractivity contribution is 7.26. The molecule has 0 atom stereocenters. The van der Waals surface area contributed by atoms with Crippen molar-refractivity contribution in [1.82, 2.24) is 22.8 Å². The highest BCUT2D eigenvalue weighted by Gasteiger charge is 2.36. The number of fused-ring (bicyclic) bond motifs is 12. The zero-order valence-corrected chi connectivity index (χ0v) is 88.5. The first kappa shape index (κ1) is 98.5. The lowest BCUT2D eigenvalue weighted by Gasteiger charge is -2.20. The molecule has 0 saturated heterocycles. The summed E-state index contributed by atoms with van der Waals surface area (Å²) in [7, 11) is 10.6. The Labute approximate surface area is 838 Å². The third-order valence-corrected chi connectivity index (χ3v) is 29.8. The molecule has 11 nitrogen and oxygen atoms in total. The van der Waals surface area contributed by atoms with Gasteiger partial charge in [-0.3, -0.25) is 0 Å². The summed E-state index contributed by atoms with van der Waals surface area (Å²) in [4.78, 5) is 0. The fraction of sp³-hybridized carbons (Fsp3) is 0.273. The molecular weight excluding hydrogens is 1740 g/mol. The zero-order chi connectivity index (χ0) is 100. The first-order valence-corrected chi connectivity index (χ1v) is 51.3. The summed E-state index contributed by atoms with van der Waals surface area (Å²) in [5.41, 5.74) is 35.4. The van der Waals surface area contributed by atoms with E-state index >= 15 is 0 Å². The van der Waals surface area contributed by atoms with Gasteiger partial charge in [0, 0.05) is 93.1 Å². The number of hydrogen-bond donors (Lipinski definition) is 0. The lowest BCUT2D eigenvalue weighted by molar-refractivity contribution is -0.659. The number of rotatable bonds is 17. The Morgan fingerprint density at radius 2 is 0.702 bits per heavy atom. The van der Waals surface area contributed by atoms with Gasteiger partial charge >= 0.3 is 0 Å². The molecule has 0 fully saturated rings. The predicted octanol–water partition coefficient (Wildman–Crippen LogP) is 31.9. The van der Waals surface area contributed by atoms with Gasteiger partial charge < -0.3 is 4.42 Å². The second kappa shape index (κ2) is 41.0. The molecule has 0 aliphatic carbocycles. The maximum atomic E-state index is 13.6. The van der Waals surface area contributed by atoms with Crippen LogP contribution >= 0.6 is 11.3 Å². The van der Waals surface area contributed by atoms with Crippen LogP contribution in [-0.4, -0.2) is 22.8 Å². The van der Waals surface area contributed by atoms with Gasteiger partial charge in [0.2, 0.25) is 0 Å². The molecule has 21 aromatic rings. The number of aryl methyl sites for hydroxylation is 11. The van der Waals surface area contributed by atoms with Crippen LogP contribution in [0.3, 0.4) is 0 Å². The standard InChI is InChI=1S/C29H31N2O.C29H31N2S.C29H33N2.C23H28FN2.C18H17N2/c2*1-18(2)23-17-24-22-13-9-10-14-25(22)32-28(24)26(19(3)4)27(23)31-16-15-30(6)29(31)21-12-8-7-11-20(21)5;1-20(2)26-18-24(23-13-8-7-9-14-23)19-27(21(3)4)28(26)31-17-16-30(6)29(31)25-15-11-10-12-22(25)5;1-15(2)19-8-7-9-20(16(3)4)22(19)26-13-12-25(6)23(26)21-11-10-18(24)14-17(21)5;1-12-7-6-9-15-14-8-4-5-10-16(14)20-11-13(2)19(3)18(20)17(12)15/h2*7-19H,1-6H3;7-21H,1-6H3;7-16H,1-6H3;4-11H,1-3H3/q5*+1. The third kappa shape index (κ3) is 18.8. The second-order valence-electron chi connectivity index (χ2n) is 41.2. The molecule has 13 aromatic carbocycles. The number of aromatic nitrogens is 10. The van der Waals surface area contributed by atoms with Gasteiger partial charge in [-0.25, -0.2) is 27.2 Å². The van der Waals surface area contributed by atoms with E-state index in [9.17, 15) is 4.39 Å². The molecule has 0 N–H and O–H groups in total. The molecule has 0 spiro atoms. The van der Waals surface area contributed by atoms with Crippen LogP contribution in [0.5, 0.6) is 0 Å². The van der Waals surface area contributed by atoms with E-state index in [-0.39, 0.29) is 5.82 Å². The van der Waals surface area contributed by atoms with Crippen LogP contribution in [0.15, 0.2) is 315 Å². The third-order valence-electron chi connectivity index (χ3n) is 28.6. The highest BCUT2D eigenvalue weighted by Crippen LogP contribution is 2.48. The molecule has 0 saturated carbocycles. The lowest BCUT2D eigenvalue weighted by atomic mass is 9.88. The summed E-state index contributed by atoms with van der Waals surface area (Å²) in [5, 5.41) is 9.18. The first-order valence-electron chi connectivity index (χ1n) is 50.5. The average Bonchev–Trinajstić information content (AvgIpc) is 1.59. The molecule has 0 aliphatic heterocycles. The van der Waals surface area contributed by atoms with Gasteiger partial charge in [0.1, 0.15) is 107 Å². The average molecular weight is 1890 g/mol. The lowest BCUT2D eigenvalue weighted by Crippen LogP contribution is -2.29. The van der Waals surface area contributed by atoms with E-state index in [1.165, 1.54) is 205 Å². The van der Waals surface area contributed by atoms with Crippen molar-refractivity contribution in [3.63, 3.8) is 0 Å². The van der Waals surface area contributed by atoms with Crippen LogP contribution in [0, 0.1) is 47.4 Å². The Kier molecular flexibility index (Phi) is 28.6. The predicted molar refractivity (Wildman–Crippen MR) is 590 cm³/mol. The molecule has 21 rings (SSSR count). The SMILES string of the molecule is Cc1cc(F)ccc1-c1n(-c2c(C(C)C)cccc2C(C)C)cc[n+]1C.Cc1cccc2c3ccccc3[n+]3cc(C)n(C)c3c12.Cc1ccccc1-c1n(-c2c(C(C)C)cc(-c3ccccc3)cc2C(C)C)cc[n+]1C.Cc1ccccc1-c1n(-c2c(C(C)C)cc3c(oc4ccccc43)c2C(C)C)cc[n+]1C.Cc1ccccc1-c1n(-c2c(C(C)C)cc3c(sc4ccccc43)c2C(C)C)cc[n+]1C. The van der Waals surface area contributed by atoms with Gasteiger partial charge in [-0.15, -0.1) is 11.3 Å². The van der Waals surface area contributed by atoms with Crippen LogP contribution in [0.4, 0.5) is 4.39 Å². The number of benzene rings is 13. The molecule has 0 amide bonds. The minimum atomic E-state index is -0.197. The summed E-state index contributed by atoms with van der Waals surface area (Å²) < 4.78 is 45.8. The molecule has 0 unspecified atom stereocenters. The zero-order valence-electron chi connectivity index (χ0n) is 87.7. The minimum Gasteiger partial charge on any atom is -0.456 e. The van der Waals surface area contributed by atoms with Crippen molar-refractivity contribution in [1.29, 1.82) is 0 Å². The van der Waals surface area contributed by atoms with Gasteiger partial charge in [0.25, 0.3) is 28.9 Å². The summed E-state index contributed by atoms with van der Waals surface area (Å²) in [5.74, 6) is 7.67. The number of hydrogen-bond acceptors (Lipinski definition) is 2. The molecule has 141 heavy (non-hydrogen) atoms. The van der Waals surface area contributed by atoms with E-state index in [2.05, 4.69) is 505 Å². The quantitative estimate of drug-likeness (QED) is 0.0662. The number of imidazole rings is 5. The summed E-state index contributed by atoms with van der Waals surface area (Å²) >= 11 is 1.94. The highest BCUT2D eigenvalue weighted by atomic mass is 32.1. The fourth-order valence-electron chi connectivity index (χ4n) is 21.2. The smallest absolute Gasteiger partial charge is 0.294 e. The second-order valence-corrected chi connectivity index (χ2v) is 42.2. The minimum absolute atomic E-state index is 0.197. The Bertz CT molecular complexity index is 7950. The van der Waals surface area contributed by atoms with Crippen LogP contribution in [-0.2, 0) is 35.2 Å². The maximum Gasteiger partial charge on any atom is 0.294 e. The van der Waals surface area contributed by atoms with E-state index in [4.69, 9.17) is 4.42 Å². The maximum absolute atomic E-state index is 13.6. The van der Waals surface area contributed by atoms with Gasteiger partial charge in [0.15, 0.2) is 0 Å². The Morgan fingerprint density at radius 3 is 1.18 bits per heavy atom. The van der Waals surface area contributed by atoms with Gasteiger partial charge in [-0.1, -0.05) is 287 Å². The Hall–Kier alpha value is -14.1. The summed E-state index contributed by atoms with van der Waals surface area (Å²) in [6.07, 6.45) is 19.6. The van der Waals surface area contributed by atoms with Crippen LogP contribution in [0.25, 0.3) is 149 Å². The number of pyridine rings is 1. The largest absolute Gasteiger partial charge is 0.456 e. The van der Waals surface area contributed by atoms with E-state index < -0.39 is 0 Å². The topological polar surface area (TPSA) is 57.4 Å². The molecule has 8 aromatic heterocycles. The van der Waals surface area contributed by atoms with Crippen LogP contribution in [0.2, 0.25) is 0 Å². The van der Waals surface area contributed by atoms with Crippen molar-refractivity contribution in [3.8, 4) is 79.4 Å². The van der Waals surface area contributed by atoms with Crippen molar-refractivity contribution < 1.29 is 31.5 Å². The Balaban J connectivity index is 0.000000122. The van der Waals surface area contributed by atoms with E-state index in [0.717, 1.165) is 28.1 Å². The molecular formula is C128H140FN10OS+5. The van der Waals surface area contributed by atoms with Crippen molar-refractivity contribution in [2.75, 3.05) is 0 Å². The number of thiophene rings is 1. The molecule has 13 heteroatoms. The van der Waals surface area contributed by atoms with Crippen LogP contribution in [0.1, 0.15) is 236 Å². The number of furan rings is 1. The molecule has 8 heterocycles. The Morgan fingerprint density at radius 1 is 0.312 bits per heavy atom. The van der Waals surface area contributed by atoms with Crippen molar-refractivity contribution in [2.45, 2.75) is 200 Å². The van der Waals surface area contributed by atoms with Crippen molar-refractivity contribution >= 4 is 80.8 Å². The van der Waals surface area contributed by atoms with Gasteiger partial charge in [-0.05, 0) is 200 Å². The van der Waals surface area contributed by atoms with Crippen LogP contribution < -0.4 is 22.7 Å². The van der Waals surface area contributed by atoms with E-state index in [1.54, 1.807) is 6.07 Å². The molecule has 0 bridgehead atoms. The van der Waals surface area contributed by atoms with Crippen molar-refractivity contribution in [2.24, 2.45) is 35.2 Å². The number of para-hydroxylation sites is 3. The fourth-order valence-corrected chi connectivity index (χ4v) is 22.6. The number of nitrogens with zero attached hydrogens (tertiary/aromatic N) is 10. The van der Waals surface area contributed by atoms with E-state index in [0.29, 0.717) is 47.3 Å². The van der Waals surface area contributed by atoms with Gasteiger partial charge in [0.05, 0.1) is 62.9 Å². The monoisotopic (exact) mass is 1880 g/mol. The number of halogens is 1.